The molecule has 116 valence electrons. The third-order valence-corrected chi connectivity index (χ3v) is 5.85. The van der Waals surface area contributed by atoms with Crippen LogP contribution in [0.4, 0.5) is 0 Å². The van der Waals surface area contributed by atoms with Crippen LogP contribution in [0.3, 0.4) is 0 Å². The van der Waals surface area contributed by atoms with Crippen molar-refractivity contribution in [1.29, 1.82) is 0 Å². The normalized spacial score (nSPS) is 31.9. The highest BCUT2D eigenvalue weighted by atomic mass is 15.3. The Morgan fingerprint density at radius 1 is 0.850 bits per heavy atom. The van der Waals surface area contributed by atoms with Gasteiger partial charge in [-0.2, -0.15) is 0 Å². The Hall–Kier alpha value is -0.120. The predicted molar refractivity (Wildman–Crippen MR) is 85.1 cm³/mol. The molecule has 3 nitrogen and oxygen atoms in total. The monoisotopic (exact) mass is 279 g/mol. The maximum Gasteiger partial charge on any atom is 0.0224 e. The zero-order valence-electron chi connectivity index (χ0n) is 13.4. The van der Waals surface area contributed by atoms with E-state index in [2.05, 4.69) is 21.7 Å². The van der Waals surface area contributed by atoms with E-state index in [1.54, 1.807) is 0 Å². The molecule has 0 radical (unpaired) electrons. The summed E-state index contributed by atoms with van der Waals surface area (Å²) < 4.78 is 0. The van der Waals surface area contributed by atoms with Crippen LogP contribution in [-0.4, -0.2) is 73.6 Å². The summed E-state index contributed by atoms with van der Waals surface area (Å²) in [5.74, 6) is 1.06. The second kappa shape index (κ2) is 7.24. The third kappa shape index (κ3) is 3.96. The van der Waals surface area contributed by atoms with Gasteiger partial charge in [0.25, 0.3) is 0 Å². The van der Waals surface area contributed by atoms with E-state index >= 15 is 0 Å². The first-order valence-electron chi connectivity index (χ1n) is 8.96. The minimum atomic E-state index is 0.839. The number of likely N-dealkylation sites (tertiary alicyclic amines) is 1. The lowest BCUT2D eigenvalue weighted by molar-refractivity contribution is 0.0576. The fourth-order valence-corrected chi connectivity index (χ4v) is 4.45. The van der Waals surface area contributed by atoms with Crippen molar-refractivity contribution in [2.24, 2.45) is 5.92 Å². The number of hydrogen-bond donors (Lipinski definition) is 0. The maximum atomic E-state index is 2.77. The molecule has 0 aromatic carbocycles. The summed E-state index contributed by atoms with van der Waals surface area (Å²) >= 11 is 0. The Bertz CT molecular complexity index is 280. The van der Waals surface area contributed by atoms with Crippen molar-refractivity contribution in [3.05, 3.63) is 0 Å². The Morgan fingerprint density at radius 3 is 2.30 bits per heavy atom. The van der Waals surface area contributed by atoms with Crippen molar-refractivity contribution >= 4 is 0 Å². The highest BCUT2D eigenvalue weighted by Gasteiger charge is 2.27. The van der Waals surface area contributed by atoms with Crippen molar-refractivity contribution < 1.29 is 0 Å². The molecule has 1 atom stereocenters. The van der Waals surface area contributed by atoms with Crippen LogP contribution in [0.1, 0.15) is 44.9 Å². The lowest BCUT2D eigenvalue weighted by atomic mass is 10.0. The van der Waals surface area contributed by atoms with E-state index in [4.69, 9.17) is 0 Å². The van der Waals surface area contributed by atoms with E-state index in [0.717, 1.165) is 12.0 Å². The van der Waals surface area contributed by atoms with Gasteiger partial charge in [0.05, 0.1) is 0 Å². The molecule has 1 aliphatic carbocycles. The zero-order valence-corrected chi connectivity index (χ0v) is 13.4. The predicted octanol–water partition coefficient (Wildman–Crippen LogP) is 2.28. The van der Waals surface area contributed by atoms with Crippen molar-refractivity contribution in [2.45, 2.75) is 51.0 Å². The molecular formula is C17H33N3. The van der Waals surface area contributed by atoms with Gasteiger partial charge in [-0.05, 0) is 45.3 Å². The van der Waals surface area contributed by atoms with Crippen molar-refractivity contribution in [2.75, 3.05) is 52.9 Å². The van der Waals surface area contributed by atoms with Crippen molar-refractivity contribution in [3.63, 3.8) is 0 Å². The number of rotatable bonds is 4. The minimum Gasteiger partial charge on any atom is -0.305 e. The van der Waals surface area contributed by atoms with Crippen LogP contribution in [0.25, 0.3) is 0 Å². The van der Waals surface area contributed by atoms with Gasteiger partial charge >= 0.3 is 0 Å². The lowest BCUT2D eigenvalue weighted by Gasteiger charge is -2.42. The van der Waals surface area contributed by atoms with Gasteiger partial charge in [0.2, 0.25) is 0 Å². The van der Waals surface area contributed by atoms with Gasteiger partial charge in [0.15, 0.2) is 0 Å². The quantitative estimate of drug-likeness (QED) is 0.782. The Morgan fingerprint density at radius 2 is 1.60 bits per heavy atom. The number of piperidine rings is 1. The lowest BCUT2D eigenvalue weighted by Crippen LogP contribution is -2.54. The molecule has 0 aromatic heterocycles. The molecule has 0 N–H and O–H groups in total. The standard InChI is InChI=1S/C17H33N3/c1-18-9-4-7-17(15-18)20-13-11-19(12-14-20)10-8-16-5-2-3-6-16/h16-17H,2-15H2,1H3/t17-/m1/s1. The summed E-state index contributed by atoms with van der Waals surface area (Å²) in [7, 11) is 2.28. The molecular weight excluding hydrogens is 246 g/mol. The second-order valence-electron chi connectivity index (χ2n) is 7.38. The van der Waals surface area contributed by atoms with Crippen LogP contribution in [0, 0.1) is 5.92 Å². The summed E-state index contributed by atoms with van der Waals surface area (Å²) in [5.41, 5.74) is 0. The molecule has 0 spiro atoms. The molecule has 3 heteroatoms. The molecule has 2 heterocycles. The van der Waals surface area contributed by atoms with Crippen LogP contribution in [-0.2, 0) is 0 Å². The van der Waals surface area contributed by atoms with Crippen LogP contribution in [0.15, 0.2) is 0 Å². The highest BCUT2D eigenvalue weighted by Crippen LogP contribution is 2.27. The molecule has 3 aliphatic rings. The molecule has 2 aliphatic heterocycles. The average molecular weight is 279 g/mol. The van der Waals surface area contributed by atoms with E-state index in [1.165, 1.54) is 90.8 Å². The third-order valence-electron chi connectivity index (χ3n) is 5.85. The fraction of sp³-hybridized carbons (Fsp3) is 1.00. The topological polar surface area (TPSA) is 9.72 Å². The van der Waals surface area contributed by atoms with Gasteiger partial charge < -0.3 is 9.80 Å². The SMILES string of the molecule is CN1CCC[C@@H](N2CCN(CCC3CCCC3)CC2)C1. The van der Waals surface area contributed by atoms with Gasteiger partial charge in [0.1, 0.15) is 0 Å². The average Bonchev–Trinajstić information content (AvgIpc) is 2.99. The van der Waals surface area contributed by atoms with Crippen molar-refractivity contribution in [1.82, 2.24) is 14.7 Å². The van der Waals surface area contributed by atoms with Crippen LogP contribution >= 0.6 is 0 Å². The highest BCUT2D eigenvalue weighted by molar-refractivity contribution is 4.83. The van der Waals surface area contributed by atoms with Gasteiger partial charge in [0, 0.05) is 38.8 Å². The van der Waals surface area contributed by atoms with Crippen molar-refractivity contribution in [3.8, 4) is 0 Å². The van der Waals surface area contributed by atoms with E-state index in [-0.39, 0.29) is 0 Å². The van der Waals surface area contributed by atoms with E-state index in [9.17, 15) is 0 Å². The molecule has 3 fully saturated rings. The summed E-state index contributed by atoms with van der Waals surface area (Å²) in [6.07, 6.45) is 10.3. The van der Waals surface area contributed by atoms with Gasteiger partial charge in [-0.25, -0.2) is 0 Å². The largest absolute Gasteiger partial charge is 0.305 e. The minimum absolute atomic E-state index is 0.839. The number of nitrogens with zero attached hydrogens (tertiary/aromatic N) is 3. The summed E-state index contributed by atoms with van der Waals surface area (Å²) in [6, 6.07) is 0.839. The molecule has 0 unspecified atom stereocenters. The Kier molecular flexibility index (Phi) is 5.36. The summed E-state index contributed by atoms with van der Waals surface area (Å²) in [5, 5.41) is 0. The zero-order chi connectivity index (χ0) is 13.8. The fourth-order valence-electron chi connectivity index (χ4n) is 4.45. The molecule has 0 bridgehead atoms. The van der Waals surface area contributed by atoms with Crippen LogP contribution < -0.4 is 0 Å². The van der Waals surface area contributed by atoms with Crippen LogP contribution in [0.5, 0.6) is 0 Å². The molecule has 0 amide bonds. The van der Waals surface area contributed by atoms with E-state index < -0.39 is 0 Å². The van der Waals surface area contributed by atoms with Gasteiger partial charge in [-0.15, -0.1) is 0 Å². The van der Waals surface area contributed by atoms with Crippen LogP contribution in [0.2, 0.25) is 0 Å². The second-order valence-corrected chi connectivity index (χ2v) is 7.38. The van der Waals surface area contributed by atoms with Gasteiger partial charge in [-0.1, -0.05) is 25.7 Å². The van der Waals surface area contributed by atoms with Gasteiger partial charge in [-0.3, -0.25) is 4.90 Å². The first-order chi connectivity index (χ1) is 9.81. The number of likely N-dealkylation sites (N-methyl/N-ethyl adjacent to an activating group) is 1. The number of piperazine rings is 1. The first kappa shape index (κ1) is 14.8. The molecule has 1 saturated carbocycles. The molecule has 3 rings (SSSR count). The van der Waals surface area contributed by atoms with E-state index in [1.807, 2.05) is 0 Å². The summed E-state index contributed by atoms with van der Waals surface area (Å²) in [4.78, 5) is 8.00. The number of hydrogen-bond acceptors (Lipinski definition) is 3. The molecule has 20 heavy (non-hydrogen) atoms. The first-order valence-corrected chi connectivity index (χ1v) is 8.96. The Labute approximate surface area is 125 Å². The Balaban J connectivity index is 1.35. The molecule has 0 aromatic rings. The summed E-state index contributed by atoms with van der Waals surface area (Å²) in [6.45, 7) is 9.20. The maximum absolute atomic E-state index is 2.77. The smallest absolute Gasteiger partial charge is 0.0224 e. The molecule has 2 saturated heterocycles. The van der Waals surface area contributed by atoms with E-state index in [0.29, 0.717) is 0 Å².